The van der Waals surface area contributed by atoms with Crippen molar-refractivity contribution in [2.45, 2.75) is 39.7 Å². The largest absolute Gasteiger partial charge is 0.367 e. The summed E-state index contributed by atoms with van der Waals surface area (Å²) in [5, 5.41) is 3.87. The van der Waals surface area contributed by atoms with Crippen molar-refractivity contribution >= 4 is 17.7 Å². The van der Waals surface area contributed by atoms with E-state index in [1.807, 2.05) is 13.8 Å². The summed E-state index contributed by atoms with van der Waals surface area (Å²) in [6.45, 7) is 6.23. The van der Waals surface area contributed by atoms with Crippen LogP contribution in [0.4, 0.5) is 5.88 Å². The second kappa shape index (κ2) is 6.60. The maximum atomic E-state index is 12.2. The van der Waals surface area contributed by atoms with Gasteiger partial charge in [0.2, 0.25) is 17.7 Å². The highest BCUT2D eigenvalue weighted by molar-refractivity contribution is 5.84. The first-order valence-electron chi connectivity index (χ1n) is 7.35. The summed E-state index contributed by atoms with van der Waals surface area (Å²) in [7, 11) is 0. The number of amides is 2. The predicted octanol–water partition coefficient (Wildman–Crippen LogP) is 0.790. The maximum absolute atomic E-state index is 12.2. The number of fused-ring (bicyclic) bond motifs is 1. The Balaban J connectivity index is 1.88. The van der Waals surface area contributed by atoms with Crippen LogP contribution in [-0.4, -0.2) is 46.4 Å². The van der Waals surface area contributed by atoms with Crippen molar-refractivity contribution in [1.29, 1.82) is 0 Å². The predicted molar refractivity (Wildman–Crippen MR) is 77.2 cm³/mol. The van der Waals surface area contributed by atoms with E-state index in [0.717, 1.165) is 11.3 Å². The fourth-order valence-corrected chi connectivity index (χ4v) is 2.55. The van der Waals surface area contributed by atoms with Gasteiger partial charge in [0.15, 0.2) is 0 Å². The SMILES string of the molecule is CCN(CC)C(=O)CCC(=O)N1CCc2noc(N)c2C1. The molecule has 0 saturated carbocycles. The third-order valence-electron chi connectivity index (χ3n) is 3.89. The van der Waals surface area contributed by atoms with Gasteiger partial charge in [0.05, 0.1) is 17.8 Å². The normalized spacial score (nSPS) is 13.9. The van der Waals surface area contributed by atoms with Crippen LogP contribution in [0.1, 0.15) is 37.9 Å². The maximum Gasteiger partial charge on any atom is 0.227 e. The Bertz CT molecular complexity index is 522. The first-order chi connectivity index (χ1) is 10.1. The first-order valence-corrected chi connectivity index (χ1v) is 7.35. The number of hydrogen-bond donors (Lipinski definition) is 1. The highest BCUT2D eigenvalue weighted by Gasteiger charge is 2.26. The van der Waals surface area contributed by atoms with Crippen molar-refractivity contribution in [3.63, 3.8) is 0 Å². The number of nitrogen functional groups attached to an aromatic ring is 1. The molecule has 2 N–H and O–H groups in total. The second-order valence-corrected chi connectivity index (χ2v) is 5.10. The van der Waals surface area contributed by atoms with E-state index in [2.05, 4.69) is 5.16 Å². The Kier molecular flexibility index (Phi) is 4.82. The summed E-state index contributed by atoms with van der Waals surface area (Å²) in [5.41, 5.74) is 7.32. The molecule has 7 heteroatoms. The fourth-order valence-electron chi connectivity index (χ4n) is 2.55. The topological polar surface area (TPSA) is 92.7 Å². The molecular formula is C14H22N4O3. The Hall–Kier alpha value is -2.05. The van der Waals surface area contributed by atoms with Gasteiger partial charge in [0.25, 0.3) is 0 Å². The van der Waals surface area contributed by atoms with Gasteiger partial charge in [-0.05, 0) is 13.8 Å². The van der Waals surface area contributed by atoms with Crippen LogP contribution >= 0.6 is 0 Å². The lowest BCUT2D eigenvalue weighted by Gasteiger charge is -2.26. The average molecular weight is 294 g/mol. The van der Waals surface area contributed by atoms with E-state index in [-0.39, 0.29) is 30.5 Å². The summed E-state index contributed by atoms with van der Waals surface area (Å²) in [5.74, 6) is 0.277. The van der Waals surface area contributed by atoms with Gasteiger partial charge in [-0.25, -0.2) is 0 Å². The van der Waals surface area contributed by atoms with E-state index < -0.39 is 0 Å². The quantitative estimate of drug-likeness (QED) is 0.866. The molecule has 2 heterocycles. The summed E-state index contributed by atoms with van der Waals surface area (Å²) in [4.78, 5) is 27.6. The first kappa shape index (κ1) is 15.3. The van der Waals surface area contributed by atoms with E-state index >= 15 is 0 Å². The number of nitrogens with two attached hydrogens (primary N) is 1. The Morgan fingerprint density at radius 3 is 2.71 bits per heavy atom. The standard InChI is InChI=1S/C14H22N4O3/c1-3-17(4-2)12(19)5-6-13(20)18-8-7-11-10(9-18)14(15)21-16-11/h3-9,15H2,1-2H3. The Labute approximate surface area is 124 Å². The second-order valence-electron chi connectivity index (χ2n) is 5.10. The highest BCUT2D eigenvalue weighted by atomic mass is 16.5. The van der Waals surface area contributed by atoms with Crippen LogP contribution in [-0.2, 0) is 22.6 Å². The minimum Gasteiger partial charge on any atom is -0.367 e. The van der Waals surface area contributed by atoms with E-state index in [1.54, 1.807) is 9.80 Å². The summed E-state index contributed by atoms with van der Waals surface area (Å²) in [6.07, 6.45) is 1.13. The molecule has 2 amide bonds. The van der Waals surface area contributed by atoms with Crippen molar-refractivity contribution in [3.8, 4) is 0 Å². The molecule has 21 heavy (non-hydrogen) atoms. The number of carbonyl (C=O) groups is 2. The molecule has 1 aliphatic rings. The van der Waals surface area contributed by atoms with Crippen LogP contribution in [0.25, 0.3) is 0 Å². The van der Waals surface area contributed by atoms with Gasteiger partial charge in [0, 0.05) is 38.9 Å². The lowest BCUT2D eigenvalue weighted by molar-refractivity contribution is -0.137. The number of hydrogen-bond acceptors (Lipinski definition) is 5. The van der Waals surface area contributed by atoms with Crippen molar-refractivity contribution in [3.05, 3.63) is 11.3 Å². The molecule has 1 aliphatic heterocycles. The molecule has 0 bridgehead atoms. The van der Waals surface area contributed by atoms with Gasteiger partial charge in [-0.2, -0.15) is 0 Å². The van der Waals surface area contributed by atoms with Crippen LogP contribution < -0.4 is 5.73 Å². The van der Waals surface area contributed by atoms with Crippen LogP contribution in [0, 0.1) is 0 Å². The molecule has 0 unspecified atom stereocenters. The van der Waals surface area contributed by atoms with Gasteiger partial charge in [-0.1, -0.05) is 5.16 Å². The number of carbonyl (C=O) groups excluding carboxylic acids is 2. The molecule has 0 saturated heterocycles. The molecule has 2 rings (SSSR count). The number of aromatic nitrogens is 1. The lowest BCUT2D eigenvalue weighted by atomic mass is 10.1. The van der Waals surface area contributed by atoms with E-state index in [1.165, 1.54) is 0 Å². The number of nitrogens with zero attached hydrogens (tertiary/aromatic N) is 3. The van der Waals surface area contributed by atoms with Gasteiger partial charge in [0.1, 0.15) is 0 Å². The third-order valence-corrected chi connectivity index (χ3v) is 3.89. The highest BCUT2D eigenvalue weighted by Crippen LogP contribution is 2.24. The zero-order valence-corrected chi connectivity index (χ0v) is 12.6. The molecule has 1 aromatic heterocycles. The average Bonchev–Trinajstić information content (AvgIpc) is 2.87. The molecule has 116 valence electrons. The van der Waals surface area contributed by atoms with E-state index in [0.29, 0.717) is 32.6 Å². The Morgan fingerprint density at radius 2 is 2.05 bits per heavy atom. The van der Waals surface area contributed by atoms with Gasteiger partial charge >= 0.3 is 0 Å². The molecule has 1 aromatic rings. The summed E-state index contributed by atoms with van der Waals surface area (Å²) >= 11 is 0. The van der Waals surface area contributed by atoms with Crippen LogP contribution in [0.2, 0.25) is 0 Å². The Morgan fingerprint density at radius 1 is 1.33 bits per heavy atom. The molecule has 0 atom stereocenters. The molecule has 0 radical (unpaired) electrons. The van der Waals surface area contributed by atoms with E-state index in [4.69, 9.17) is 10.3 Å². The zero-order chi connectivity index (χ0) is 15.4. The smallest absolute Gasteiger partial charge is 0.227 e. The summed E-state index contributed by atoms with van der Waals surface area (Å²) in [6, 6.07) is 0. The van der Waals surface area contributed by atoms with Gasteiger partial charge in [-0.15, -0.1) is 0 Å². The molecular weight excluding hydrogens is 272 g/mol. The van der Waals surface area contributed by atoms with E-state index in [9.17, 15) is 9.59 Å². The minimum absolute atomic E-state index is 0.0236. The molecule has 0 aliphatic carbocycles. The number of rotatable bonds is 5. The zero-order valence-electron chi connectivity index (χ0n) is 12.6. The number of anilines is 1. The van der Waals surface area contributed by atoms with Crippen LogP contribution in [0.3, 0.4) is 0 Å². The van der Waals surface area contributed by atoms with Crippen molar-refractivity contribution in [2.75, 3.05) is 25.4 Å². The molecule has 0 fully saturated rings. The summed E-state index contributed by atoms with van der Waals surface area (Å²) < 4.78 is 4.93. The molecule has 0 spiro atoms. The van der Waals surface area contributed by atoms with Crippen LogP contribution in [0.15, 0.2) is 4.52 Å². The van der Waals surface area contributed by atoms with Crippen molar-refractivity contribution in [1.82, 2.24) is 15.0 Å². The van der Waals surface area contributed by atoms with Crippen molar-refractivity contribution in [2.24, 2.45) is 0 Å². The van der Waals surface area contributed by atoms with Gasteiger partial charge < -0.3 is 20.1 Å². The fraction of sp³-hybridized carbons (Fsp3) is 0.643. The van der Waals surface area contributed by atoms with Gasteiger partial charge in [-0.3, -0.25) is 9.59 Å². The van der Waals surface area contributed by atoms with Crippen molar-refractivity contribution < 1.29 is 14.1 Å². The van der Waals surface area contributed by atoms with Crippen LogP contribution in [0.5, 0.6) is 0 Å². The molecule has 7 nitrogen and oxygen atoms in total. The monoisotopic (exact) mass is 294 g/mol. The molecule has 0 aromatic carbocycles. The lowest BCUT2D eigenvalue weighted by Crippen LogP contribution is -2.37. The third kappa shape index (κ3) is 3.34. The minimum atomic E-state index is -0.0262.